The van der Waals surface area contributed by atoms with Gasteiger partial charge in [-0.25, -0.2) is 0 Å². The van der Waals surface area contributed by atoms with Crippen molar-refractivity contribution in [2.24, 2.45) is 5.73 Å². The summed E-state index contributed by atoms with van der Waals surface area (Å²) in [7, 11) is 0. The predicted molar refractivity (Wildman–Crippen MR) is 64.7 cm³/mol. The van der Waals surface area contributed by atoms with Gasteiger partial charge in [-0.15, -0.1) is 0 Å². The molecule has 1 aromatic carbocycles. The fraction of sp³-hybridized carbons (Fsp3) is 0.417. The maximum atomic E-state index is 11.4. The first-order valence-electron chi connectivity index (χ1n) is 5.79. The summed E-state index contributed by atoms with van der Waals surface area (Å²) in [5.74, 6) is 1.74. The lowest BCUT2D eigenvalue weighted by atomic mass is 10.3. The molecule has 1 aliphatic heterocycles. The van der Waals surface area contributed by atoms with Crippen LogP contribution in [0, 0.1) is 0 Å². The van der Waals surface area contributed by atoms with Crippen molar-refractivity contribution in [1.29, 1.82) is 0 Å². The first-order valence-corrected chi connectivity index (χ1v) is 5.79. The number of carbonyl (C=O) groups excluding carboxylic acids is 1. The Morgan fingerprint density at radius 2 is 2.22 bits per heavy atom. The largest absolute Gasteiger partial charge is 0.484 e. The highest BCUT2D eigenvalue weighted by atomic mass is 16.7. The fourth-order valence-corrected chi connectivity index (χ4v) is 1.50. The number of hydrogen-bond donors (Lipinski definition) is 2. The van der Waals surface area contributed by atoms with Crippen LogP contribution in [0.3, 0.4) is 0 Å². The molecule has 2 rings (SSSR count). The summed E-state index contributed by atoms with van der Waals surface area (Å²) in [6.45, 7) is 1.33. The predicted octanol–water partition coefficient (Wildman–Crippen LogP) is 0.259. The smallest absolute Gasteiger partial charge is 0.257 e. The topological polar surface area (TPSA) is 82.8 Å². The zero-order valence-electron chi connectivity index (χ0n) is 9.98. The molecule has 0 saturated heterocycles. The average molecular weight is 252 g/mol. The Balaban J connectivity index is 1.78. The molecular formula is C12H16N2O4. The molecule has 0 spiro atoms. The molecule has 0 radical (unpaired) electrons. The minimum absolute atomic E-state index is 0.0236. The highest BCUT2D eigenvalue weighted by Gasteiger charge is 2.14. The van der Waals surface area contributed by atoms with E-state index in [9.17, 15) is 4.79 Å². The monoisotopic (exact) mass is 252 g/mol. The lowest BCUT2D eigenvalue weighted by molar-refractivity contribution is -0.123. The van der Waals surface area contributed by atoms with Crippen molar-refractivity contribution in [1.82, 2.24) is 5.32 Å². The van der Waals surface area contributed by atoms with Gasteiger partial charge >= 0.3 is 0 Å². The Bertz CT molecular complexity index is 423. The number of carbonyl (C=O) groups is 1. The molecule has 0 fully saturated rings. The van der Waals surface area contributed by atoms with Crippen molar-refractivity contribution < 1.29 is 19.0 Å². The number of benzene rings is 1. The van der Waals surface area contributed by atoms with Crippen molar-refractivity contribution in [2.75, 3.05) is 26.5 Å². The minimum Gasteiger partial charge on any atom is -0.484 e. The van der Waals surface area contributed by atoms with Crippen LogP contribution < -0.4 is 25.3 Å². The zero-order chi connectivity index (χ0) is 12.8. The molecule has 1 heterocycles. The van der Waals surface area contributed by atoms with Gasteiger partial charge in [0, 0.05) is 12.6 Å². The summed E-state index contributed by atoms with van der Waals surface area (Å²) in [5, 5.41) is 2.71. The Morgan fingerprint density at radius 1 is 1.39 bits per heavy atom. The van der Waals surface area contributed by atoms with Crippen molar-refractivity contribution in [3.8, 4) is 17.2 Å². The lowest BCUT2D eigenvalue weighted by Crippen LogP contribution is -2.30. The maximum Gasteiger partial charge on any atom is 0.257 e. The van der Waals surface area contributed by atoms with E-state index >= 15 is 0 Å². The number of nitrogens with two attached hydrogens (primary N) is 1. The third kappa shape index (κ3) is 3.27. The first kappa shape index (κ1) is 12.5. The summed E-state index contributed by atoms with van der Waals surface area (Å²) in [6.07, 6.45) is 0.760. The van der Waals surface area contributed by atoms with Gasteiger partial charge < -0.3 is 25.3 Å². The second kappa shape index (κ2) is 6.11. The highest BCUT2D eigenvalue weighted by Crippen LogP contribution is 2.34. The van der Waals surface area contributed by atoms with E-state index in [0.717, 1.165) is 6.42 Å². The molecule has 0 aromatic heterocycles. The van der Waals surface area contributed by atoms with Gasteiger partial charge in [0.05, 0.1) is 0 Å². The molecular weight excluding hydrogens is 236 g/mol. The average Bonchev–Trinajstić information content (AvgIpc) is 2.84. The van der Waals surface area contributed by atoms with Crippen LogP contribution in [0.15, 0.2) is 18.2 Å². The van der Waals surface area contributed by atoms with E-state index in [4.69, 9.17) is 19.9 Å². The van der Waals surface area contributed by atoms with Crippen LogP contribution in [0.25, 0.3) is 0 Å². The normalized spacial score (nSPS) is 12.3. The number of hydrogen-bond acceptors (Lipinski definition) is 5. The van der Waals surface area contributed by atoms with Gasteiger partial charge in [0.15, 0.2) is 18.1 Å². The maximum absolute atomic E-state index is 11.4. The van der Waals surface area contributed by atoms with Gasteiger partial charge in [0.1, 0.15) is 5.75 Å². The van der Waals surface area contributed by atoms with E-state index in [1.807, 2.05) is 0 Å². The van der Waals surface area contributed by atoms with E-state index in [2.05, 4.69) is 5.32 Å². The van der Waals surface area contributed by atoms with Crippen LogP contribution in [0.4, 0.5) is 0 Å². The summed E-state index contributed by atoms with van der Waals surface area (Å²) in [6, 6.07) is 5.19. The van der Waals surface area contributed by atoms with Gasteiger partial charge in [0.2, 0.25) is 6.79 Å². The van der Waals surface area contributed by atoms with Crippen LogP contribution in [0.1, 0.15) is 6.42 Å². The van der Waals surface area contributed by atoms with Gasteiger partial charge in [-0.2, -0.15) is 0 Å². The zero-order valence-corrected chi connectivity index (χ0v) is 9.98. The van der Waals surface area contributed by atoms with Crippen molar-refractivity contribution in [3.63, 3.8) is 0 Å². The second-order valence-corrected chi connectivity index (χ2v) is 3.80. The molecule has 3 N–H and O–H groups in total. The number of nitrogens with one attached hydrogen (secondary N) is 1. The third-order valence-electron chi connectivity index (χ3n) is 2.42. The van der Waals surface area contributed by atoms with Gasteiger partial charge in [-0.05, 0) is 25.1 Å². The van der Waals surface area contributed by atoms with Crippen molar-refractivity contribution in [3.05, 3.63) is 18.2 Å². The molecule has 0 saturated carbocycles. The Kier molecular flexibility index (Phi) is 4.25. The van der Waals surface area contributed by atoms with Crippen LogP contribution in [0.5, 0.6) is 17.2 Å². The molecule has 0 aliphatic carbocycles. The Hall–Kier alpha value is -1.95. The number of amides is 1. The molecule has 1 aliphatic rings. The van der Waals surface area contributed by atoms with E-state index in [-0.39, 0.29) is 19.3 Å². The Labute approximate surface area is 105 Å². The fourth-order valence-electron chi connectivity index (χ4n) is 1.50. The molecule has 6 heteroatoms. The quantitative estimate of drug-likeness (QED) is 0.710. The molecule has 6 nitrogen and oxygen atoms in total. The number of ether oxygens (including phenoxy) is 3. The van der Waals surface area contributed by atoms with E-state index in [0.29, 0.717) is 30.3 Å². The van der Waals surface area contributed by atoms with Crippen molar-refractivity contribution >= 4 is 5.91 Å². The van der Waals surface area contributed by atoms with E-state index in [1.54, 1.807) is 18.2 Å². The lowest BCUT2D eigenvalue weighted by Gasteiger charge is -2.07. The van der Waals surface area contributed by atoms with E-state index in [1.165, 1.54) is 0 Å². The number of fused-ring (bicyclic) bond motifs is 1. The molecule has 0 unspecified atom stereocenters. The van der Waals surface area contributed by atoms with Crippen LogP contribution in [0.2, 0.25) is 0 Å². The van der Waals surface area contributed by atoms with Crippen molar-refractivity contribution in [2.45, 2.75) is 6.42 Å². The highest BCUT2D eigenvalue weighted by molar-refractivity contribution is 5.77. The van der Waals surface area contributed by atoms with Gasteiger partial charge in [-0.1, -0.05) is 0 Å². The first-order chi connectivity index (χ1) is 8.79. The summed E-state index contributed by atoms with van der Waals surface area (Å²) in [4.78, 5) is 11.4. The molecule has 18 heavy (non-hydrogen) atoms. The van der Waals surface area contributed by atoms with Gasteiger partial charge in [-0.3, -0.25) is 4.79 Å². The Morgan fingerprint density at radius 3 is 3.06 bits per heavy atom. The molecule has 0 bridgehead atoms. The van der Waals surface area contributed by atoms with Crippen LogP contribution >= 0.6 is 0 Å². The minimum atomic E-state index is -0.166. The SMILES string of the molecule is NCCCNC(=O)COc1ccc2c(c1)OCO2. The van der Waals surface area contributed by atoms with Crippen LogP contribution in [-0.4, -0.2) is 32.4 Å². The molecule has 1 aromatic rings. The van der Waals surface area contributed by atoms with E-state index < -0.39 is 0 Å². The third-order valence-corrected chi connectivity index (χ3v) is 2.42. The number of rotatable bonds is 6. The molecule has 1 amide bonds. The summed E-state index contributed by atoms with van der Waals surface area (Å²) in [5.41, 5.74) is 5.32. The summed E-state index contributed by atoms with van der Waals surface area (Å²) < 4.78 is 15.7. The van der Waals surface area contributed by atoms with Crippen LogP contribution in [-0.2, 0) is 4.79 Å². The molecule has 98 valence electrons. The second-order valence-electron chi connectivity index (χ2n) is 3.80. The molecule has 0 atom stereocenters. The standard InChI is InChI=1S/C12H16N2O4/c13-4-1-5-14-12(15)7-16-9-2-3-10-11(6-9)18-8-17-10/h2-3,6H,1,4-5,7-8,13H2,(H,14,15). The summed E-state index contributed by atoms with van der Waals surface area (Å²) >= 11 is 0. The van der Waals surface area contributed by atoms with Gasteiger partial charge in [0.25, 0.3) is 5.91 Å².